The van der Waals surface area contributed by atoms with Crippen LogP contribution in [0.3, 0.4) is 0 Å². The van der Waals surface area contributed by atoms with Crippen LogP contribution in [0.15, 0.2) is 36.5 Å². The Bertz CT molecular complexity index is 599. The molecule has 0 unspecified atom stereocenters. The minimum atomic E-state index is -1.03. The van der Waals surface area contributed by atoms with Gasteiger partial charge in [0.1, 0.15) is 5.75 Å². The van der Waals surface area contributed by atoms with Gasteiger partial charge in [0.05, 0.1) is 10.6 Å². The van der Waals surface area contributed by atoms with Gasteiger partial charge in [0.2, 0.25) is 5.88 Å². The number of rotatable bonds is 3. The Morgan fingerprint density at radius 2 is 2.11 bits per heavy atom. The number of hydrogen-bond acceptors (Lipinski definition) is 3. The summed E-state index contributed by atoms with van der Waals surface area (Å²) in [6.45, 7) is 1.92. The zero-order valence-corrected chi connectivity index (χ0v) is 10.3. The van der Waals surface area contributed by atoms with Gasteiger partial charge in [0, 0.05) is 12.3 Å². The quantitative estimate of drug-likeness (QED) is 0.920. The molecule has 0 aliphatic rings. The lowest BCUT2D eigenvalue weighted by Gasteiger charge is -2.07. The maximum atomic E-state index is 10.8. The number of aromatic carboxylic acids is 1. The first-order valence-corrected chi connectivity index (χ1v) is 5.57. The zero-order valence-electron chi connectivity index (χ0n) is 9.55. The molecule has 0 bridgehead atoms. The Kier molecular flexibility index (Phi) is 3.48. The van der Waals surface area contributed by atoms with Crippen LogP contribution in [-0.2, 0) is 0 Å². The number of benzene rings is 1. The van der Waals surface area contributed by atoms with Crippen molar-refractivity contribution in [2.24, 2.45) is 0 Å². The average Bonchev–Trinajstić information content (AvgIpc) is 2.33. The van der Waals surface area contributed by atoms with Gasteiger partial charge in [-0.25, -0.2) is 9.78 Å². The first-order chi connectivity index (χ1) is 8.56. The van der Waals surface area contributed by atoms with Gasteiger partial charge in [-0.1, -0.05) is 17.7 Å². The van der Waals surface area contributed by atoms with E-state index in [9.17, 15) is 4.79 Å². The van der Waals surface area contributed by atoms with Gasteiger partial charge in [0.25, 0.3) is 0 Å². The van der Waals surface area contributed by atoms with E-state index in [0.717, 1.165) is 5.56 Å². The smallest absolute Gasteiger partial charge is 0.335 e. The van der Waals surface area contributed by atoms with Crippen molar-refractivity contribution >= 4 is 17.6 Å². The molecule has 0 saturated carbocycles. The number of ether oxygens (including phenoxy) is 1. The topological polar surface area (TPSA) is 59.4 Å². The van der Waals surface area contributed by atoms with Gasteiger partial charge < -0.3 is 9.84 Å². The third kappa shape index (κ3) is 2.78. The maximum Gasteiger partial charge on any atom is 0.335 e. The number of carbonyl (C=O) groups is 1. The molecular formula is C13H10ClNO3. The molecule has 0 spiro atoms. The summed E-state index contributed by atoms with van der Waals surface area (Å²) in [5.41, 5.74) is 1.13. The zero-order chi connectivity index (χ0) is 13.1. The summed E-state index contributed by atoms with van der Waals surface area (Å²) in [4.78, 5) is 14.7. The highest BCUT2D eigenvalue weighted by Gasteiger charge is 2.08. The molecule has 1 heterocycles. The molecule has 0 saturated heterocycles. The second-order valence-electron chi connectivity index (χ2n) is 3.72. The lowest BCUT2D eigenvalue weighted by molar-refractivity contribution is 0.0696. The van der Waals surface area contributed by atoms with Gasteiger partial charge in [-0.05, 0) is 30.7 Å². The van der Waals surface area contributed by atoms with Crippen molar-refractivity contribution in [3.8, 4) is 11.6 Å². The predicted octanol–water partition coefficient (Wildman–Crippen LogP) is 3.53. The third-order valence-corrected chi connectivity index (χ3v) is 2.58. The number of carboxylic acids is 1. The van der Waals surface area contributed by atoms with E-state index in [2.05, 4.69) is 4.98 Å². The molecule has 2 rings (SSSR count). The van der Waals surface area contributed by atoms with E-state index in [-0.39, 0.29) is 11.4 Å². The lowest BCUT2D eigenvalue weighted by Crippen LogP contribution is -1.97. The highest BCUT2D eigenvalue weighted by molar-refractivity contribution is 6.32. The van der Waals surface area contributed by atoms with Crippen molar-refractivity contribution in [1.29, 1.82) is 0 Å². The first-order valence-electron chi connectivity index (χ1n) is 5.19. The minimum Gasteiger partial charge on any atom is -0.478 e. The predicted molar refractivity (Wildman–Crippen MR) is 67.5 cm³/mol. The maximum absolute atomic E-state index is 10.8. The summed E-state index contributed by atoms with van der Waals surface area (Å²) in [5, 5.41) is 9.31. The van der Waals surface area contributed by atoms with E-state index in [0.29, 0.717) is 10.8 Å². The van der Waals surface area contributed by atoms with E-state index >= 15 is 0 Å². The number of carboxylic acid groups (broad SMARTS) is 1. The molecule has 4 nitrogen and oxygen atoms in total. The van der Waals surface area contributed by atoms with Crippen LogP contribution in [-0.4, -0.2) is 16.1 Å². The normalized spacial score (nSPS) is 10.1. The molecule has 1 aromatic carbocycles. The summed E-state index contributed by atoms with van der Waals surface area (Å²) in [6, 6.07) is 8.07. The molecule has 92 valence electrons. The Morgan fingerprint density at radius 1 is 1.33 bits per heavy atom. The molecular weight excluding hydrogens is 254 g/mol. The molecule has 0 radical (unpaired) electrons. The Morgan fingerprint density at radius 3 is 2.78 bits per heavy atom. The van der Waals surface area contributed by atoms with E-state index in [4.69, 9.17) is 21.4 Å². The number of aromatic nitrogens is 1. The van der Waals surface area contributed by atoms with Crippen molar-refractivity contribution in [2.45, 2.75) is 6.92 Å². The molecule has 0 amide bonds. The monoisotopic (exact) mass is 263 g/mol. The van der Waals surface area contributed by atoms with Crippen LogP contribution in [0.5, 0.6) is 11.6 Å². The van der Waals surface area contributed by atoms with Gasteiger partial charge in [-0.3, -0.25) is 0 Å². The molecule has 2 aromatic rings. The number of aryl methyl sites for hydroxylation is 1. The second-order valence-corrected chi connectivity index (χ2v) is 4.13. The van der Waals surface area contributed by atoms with Crippen LogP contribution in [0.1, 0.15) is 15.9 Å². The van der Waals surface area contributed by atoms with E-state index in [1.165, 1.54) is 18.3 Å². The number of pyridine rings is 1. The third-order valence-electron chi connectivity index (χ3n) is 2.28. The van der Waals surface area contributed by atoms with Crippen LogP contribution in [0.25, 0.3) is 0 Å². The Balaban J connectivity index is 2.28. The molecule has 18 heavy (non-hydrogen) atoms. The Labute approximate surface area is 109 Å². The van der Waals surface area contributed by atoms with Crippen LogP contribution in [0.2, 0.25) is 5.02 Å². The summed E-state index contributed by atoms with van der Waals surface area (Å²) < 4.78 is 5.45. The fraction of sp³-hybridized carbons (Fsp3) is 0.0769. The molecule has 0 aliphatic carbocycles. The number of nitrogens with zero attached hydrogens (tertiary/aromatic N) is 1. The molecule has 0 fully saturated rings. The van der Waals surface area contributed by atoms with Gasteiger partial charge >= 0.3 is 5.97 Å². The van der Waals surface area contributed by atoms with Gasteiger partial charge in [0.15, 0.2) is 0 Å². The first kappa shape index (κ1) is 12.4. The summed E-state index contributed by atoms with van der Waals surface area (Å²) >= 11 is 6.01. The van der Waals surface area contributed by atoms with Crippen LogP contribution in [0.4, 0.5) is 0 Å². The molecule has 0 aliphatic heterocycles. The lowest BCUT2D eigenvalue weighted by atomic mass is 10.2. The minimum absolute atomic E-state index is 0.114. The van der Waals surface area contributed by atoms with Crippen LogP contribution < -0.4 is 4.74 Å². The van der Waals surface area contributed by atoms with Crippen molar-refractivity contribution in [2.75, 3.05) is 0 Å². The second kappa shape index (κ2) is 5.06. The van der Waals surface area contributed by atoms with Crippen LogP contribution >= 0.6 is 11.6 Å². The SMILES string of the molecule is Cc1ccc(Oc2cc(C(=O)O)ccn2)c(Cl)c1. The standard InChI is InChI=1S/C13H10ClNO3/c1-8-2-3-11(10(14)6-8)18-12-7-9(13(16)17)4-5-15-12/h2-7H,1H3,(H,16,17). The van der Waals surface area contributed by atoms with Crippen molar-refractivity contribution in [3.05, 3.63) is 52.7 Å². The Hall–Kier alpha value is -2.07. The van der Waals surface area contributed by atoms with E-state index < -0.39 is 5.97 Å². The van der Waals surface area contributed by atoms with E-state index in [1.54, 1.807) is 12.1 Å². The summed E-state index contributed by atoms with van der Waals surface area (Å²) in [7, 11) is 0. The summed E-state index contributed by atoms with van der Waals surface area (Å²) in [5.74, 6) is -0.393. The van der Waals surface area contributed by atoms with Crippen LogP contribution in [0, 0.1) is 6.92 Å². The van der Waals surface area contributed by atoms with Crippen molar-refractivity contribution in [3.63, 3.8) is 0 Å². The fourth-order valence-electron chi connectivity index (χ4n) is 1.40. The number of hydrogen-bond donors (Lipinski definition) is 1. The molecule has 5 heteroatoms. The molecule has 0 atom stereocenters. The molecule has 1 N–H and O–H groups in total. The largest absolute Gasteiger partial charge is 0.478 e. The van der Waals surface area contributed by atoms with Gasteiger partial charge in [-0.2, -0.15) is 0 Å². The highest BCUT2D eigenvalue weighted by Crippen LogP contribution is 2.29. The van der Waals surface area contributed by atoms with E-state index in [1.807, 2.05) is 13.0 Å². The van der Waals surface area contributed by atoms with Crippen molar-refractivity contribution in [1.82, 2.24) is 4.98 Å². The summed E-state index contributed by atoms with van der Waals surface area (Å²) in [6.07, 6.45) is 1.38. The number of halogens is 1. The van der Waals surface area contributed by atoms with Crippen molar-refractivity contribution < 1.29 is 14.6 Å². The fourth-order valence-corrected chi connectivity index (χ4v) is 1.67. The highest BCUT2D eigenvalue weighted by atomic mass is 35.5. The van der Waals surface area contributed by atoms with Gasteiger partial charge in [-0.15, -0.1) is 0 Å². The average molecular weight is 264 g/mol. The molecule has 1 aromatic heterocycles.